The number of carbonyl (C=O) groups excluding carboxylic acids is 2. The molecule has 4 aliphatic rings. The largest absolute Gasteiger partial charge is 0.462 e. The monoisotopic (exact) mass is 698 g/mol. The van der Waals surface area contributed by atoms with Crippen LogP contribution in [0.3, 0.4) is 0 Å². The van der Waals surface area contributed by atoms with Crippen molar-refractivity contribution in [2.45, 2.75) is 90.8 Å². The lowest BCUT2D eigenvalue weighted by atomic mass is 9.47. The van der Waals surface area contributed by atoms with E-state index in [1.54, 1.807) is 7.11 Å². The Bertz CT molecular complexity index is 1140. The van der Waals surface area contributed by atoms with E-state index in [9.17, 15) is 9.59 Å². The molecule has 1 aromatic rings. The minimum Gasteiger partial charge on any atom is -0.462 e. The molecule has 0 heterocycles. The fourth-order valence-corrected chi connectivity index (χ4v) is 10.1. The first-order chi connectivity index (χ1) is 19.7. The van der Waals surface area contributed by atoms with Crippen LogP contribution in [0.4, 0.5) is 0 Å². The molecule has 1 unspecified atom stereocenters. The molecular formula is C32H44IO7P. The first-order valence-electron chi connectivity index (χ1n) is 15.0. The molecule has 4 aliphatic carbocycles. The Morgan fingerprint density at radius 1 is 1.00 bits per heavy atom. The molecule has 0 spiro atoms. The average molecular weight is 699 g/mol. The summed E-state index contributed by atoms with van der Waals surface area (Å²) in [6.07, 6.45) is 10.9. The molecule has 0 N–H and O–H groups in total. The third-order valence-electron chi connectivity index (χ3n) is 10.4. The quantitative estimate of drug-likeness (QED) is 0.108. The molecule has 0 saturated heterocycles. The van der Waals surface area contributed by atoms with Gasteiger partial charge in [-0.25, -0.2) is 0 Å². The second-order valence-corrected chi connectivity index (χ2v) is 15.0. The summed E-state index contributed by atoms with van der Waals surface area (Å²) in [5, 5.41) is 0. The molecule has 3 fully saturated rings. The highest BCUT2D eigenvalue weighted by Crippen LogP contribution is 2.66. The Balaban J connectivity index is 1.32. The summed E-state index contributed by atoms with van der Waals surface area (Å²) < 4.78 is 31.2. The lowest BCUT2D eigenvalue weighted by Crippen LogP contribution is -2.54. The standard InChI is InChI=1S/C32H44IO7P/c1-21(34)39-25-13-17-32(20-38-41(36-4)37-18-15-23-7-5-6-8-29(23)33)24(19-25)9-10-26-27-11-12-30(40-22(2)35)31(27,3)16-14-28(26)32/h5-9,25-28,30H,10-20H2,1-4H3/t25-,26-,27-,28-,30-,31-,32+,41?/m0/s1. The van der Waals surface area contributed by atoms with E-state index in [0.717, 1.165) is 57.8 Å². The summed E-state index contributed by atoms with van der Waals surface area (Å²) in [6, 6.07) is 8.34. The number of halogens is 1. The summed E-state index contributed by atoms with van der Waals surface area (Å²) in [4.78, 5) is 23.7. The molecule has 1 aromatic carbocycles. The predicted molar refractivity (Wildman–Crippen MR) is 166 cm³/mol. The molecule has 0 amide bonds. The summed E-state index contributed by atoms with van der Waals surface area (Å²) in [6.45, 7) is 6.46. The maximum absolute atomic E-state index is 11.9. The highest BCUT2D eigenvalue weighted by atomic mass is 127. The molecule has 8 atom stereocenters. The van der Waals surface area contributed by atoms with Gasteiger partial charge in [0.05, 0.1) is 13.2 Å². The molecule has 0 bridgehead atoms. The number of fused-ring (bicyclic) bond motifs is 5. The summed E-state index contributed by atoms with van der Waals surface area (Å²) in [5.74, 6) is 1.11. The van der Waals surface area contributed by atoms with Crippen LogP contribution in [-0.4, -0.2) is 44.5 Å². The zero-order valence-electron chi connectivity index (χ0n) is 24.7. The minimum absolute atomic E-state index is 0.00522. The number of rotatable bonds is 10. The van der Waals surface area contributed by atoms with Crippen LogP contribution < -0.4 is 0 Å². The van der Waals surface area contributed by atoms with Gasteiger partial charge in [0.2, 0.25) is 0 Å². The van der Waals surface area contributed by atoms with Gasteiger partial charge in [0, 0.05) is 41.8 Å². The molecule has 41 heavy (non-hydrogen) atoms. The Labute approximate surface area is 259 Å². The van der Waals surface area contributed by atoms with Crippen LogP contribution in [0.15, 0.2) is 35.9 Å². The molecule has 3 saturated carbocycles. The molecule has 9 heteroatoms. The molecule has 226 valence electrons. The number of hydrogen-bond donors (Lipinski definition) is 0. The maximum Gasteiger partial charge on any atom is 0.332 e. The Kier molecular flexibility index (Phi) is 10.2. The lowest BCUT2D eigenvalue weighted by Gasteiger charge is -2.58. The minimum atomic E-state index is -1.49. The molecule has 0 radical (unpaired) electrons. The van der Waals surface area contributed by atoms with Crippen molar-refractivity contribution >= 4 is 43.1 Å². The average Bonchev–Trinajstić information content (AvgIpc) is 3.26. The SMILES string of the molecule is COP(OCCc1ccccc1I)OC[C@]12CC[C@H](OC(C)=O)CC1=CC[C@@H]1[C@@H]2CC[C@]2(C)[C@@H](OC(C)=O)CC[C@@H]12. The topological polar surface area (TPSA) is 80.3 Å². The normalized spacial score (nSPS) is 35.0. The molecule has 7 nitrogen and oxygen atoms in total. The van der Waals surface area contributed by atoms with Crippen molar-refractivity contribution in [2.75, 3.05) is 20.3 Å². The second kappa shape index (κ2) is 13.3. The van der Waals surface area contributed by atoms with Gasteiger partial charge in [-0.05, 0) is 103 Å². The van der Waals surface area contributed by atoms with Crippen LogP contribution in [0.1, 0.15) is 77.7 Å². The first kappa shape index (κ1) is 31.4. The van der Waals surface area contributed by atoms with Gasteiger partial charge in [-0.1, -0.05) is 36.8 Å². The van der Waals surface area contributed by atoms with E-state index in [1.165, 1.54) is 28.6 Å². The van der Waals surface area contributed by atoms with Crippen molar-refractivity contribution in [3.05, 3.63) is 45.0 Å². The summed E-state index contributed by atoms with van der Waals surface area (Å²) in [5.41, 5.74) is 2.53. The zero-order chi connectivity index (χ0) is 29.2. The van der Waals surface area contributed by atoms with E-state index in [1.807, 2.05) is 6.07 Å². The third-order valence-corrected chi connectivity index (χ3v) is 12.5. The van der Waals surface area contributed by atoms with Gasteiger partial charge in [-0.3, -0.25) is 9.59 Å². The van der Waals surface area contributed by atoms with Crippen LogP contribution in [0.2, 0.25) is 0 Å². The van der Waals surface area contributed by atoms with Crippen LogP contribution in [0, 0.1) is 32.2 Å². The Morgan fingerprint density at radius 2 is 1.78 bits per heavy atom. The van der Waals surface area contributed by atoms with Crippen molar-refractivity contribution in [1.82, 2.24) is 0 Å². The van der Waals surface area contributed by atoms with Crippen molar-refractivity contribution in [1.29, 1.82) is 0 Å². The Morgan fingerprint density at radius 3 is 2.51 bits per heavy atom. The van der Waals surface area contributed by atoms with Crippen molar-refractivity contribution in [3.8, 4) is 0 Å². The summed E-state index contributed by atoms with van der Waals surface area (Å²) >= 11 is 2.36. The van der Waals surface area contributed by atoms with Gasteiger partial charge in [0.15, 0.2) is 0 Å². The van der Waals surface area contributed by atoms with Gasteiger partial charge < -0.3 is 23.0 Å². The van der Waals surface area contributed by atoms with Crippen LogP contribution >= 0.6 is 31.2 Å². The fourth-order valence-electron chi connectivity index (χ4n) is 8.62. The number of ether oxygens (including phenoxy) is 2. The fraction of sp³-hybridized carbons (Fsp3) is 0.688. The maximum atomic E-state index is 11.9. The number of carbonyl (C=O) groups is 2. The lowest BCUT2D eigenvalue weighted by molar-refractivity contribution is -0.157. The molecule has 0 aliphatic heterocycles. The van der Waals surface area contributed by atoms with Crippen LogP contribution in [0.5, 0.6) is 0 Å². The van der Waals surface area contributed by atoms with Crippen molar-refractivity contribution in [3.63, 3.8) is 0 Å². The predicted octanol–water partition coefficient (Wildman–Crippen LogP) is 7.55. The third kappa shape index (κ3) is 6.57. The second-order valence-electron chi connectivity index (χ2n) is 12.5. The number of allylic oxidation sites excluding steroid dienone is 1. The number of hydrogen-bond acceptors (Lipinski definition) is 7. The van der Waals surface area contributed by atoms with Gasteiger partial charge in [-0.2, -0.15) is 0 Å². The summed E-state index contributed by atoms with van der Waals surface area (Å²) in [7, 11) is 0.173. The number of benzene rings is 1. The van der Waals surface area contributed by atoms with Gasteiger partial charge in [0.25, 0.3) is 0 Å². The molecular weight excluding hydrogens is 654 g/mol. The van der Waals surface area contributed by atoms with Crippen molar-refractivity contribution < 1.29 is 32.6 Å². The first-order valence-corrected chi connectivity index (χ1v) is 17.2. The van der Waals surface area contributed by atoms with E-state index >= 15 is 0 Å². The van der Waals surface area contributed by atoms with E-state index < -0.39 is 8.60 Å². The number of esters is 2. The van der Waals surface area contributed by atoms with E-state index in [4.69, 9.17) is 23.0 Å². The molecule has 0 aromatic heterocycles. The zero-order valence-corrected chi connectivity index (χ0v) is 27.8. The highest BCUT2D eigenvalue weighted by Gasteiger charge is 2.61. The van der Waals surface area contributed by atoms with Gasteiger partial charge in [-0.15, -0.1) is 0 Å². The van der Waals surface area contributed by atoms with Gasteiger partial charge in [0.1, 0.15) is 12.2 Å². The highest BCUT2D eigenvalue weighted by molar-refractivity contribution is 14.1. The van der Waals surface area contributed by atoms with Crippen molar-refractivity contribution in [2.24, 2.45) is 28.6 Å². The van der Waals surface area contributed by atoms with Crippen LogP contribution in [-0.2, 0) is 39.1 Å². The van der Waals surface area contributed by atoms with Crippen LogP contribution in [0.25, 0.3) is 0 Å². The molecule has 5 rings (SSSR count). The van der Waals surface area contributed by atoms with E-state index in [2.05, 4.69) is 53.8 Å². The Hall–Kier alpha value is -1.06. The van der Waals surface area contributed by atoms with Gasteiger partial charge >= 0.3 is 20.5 Å². The van der Waals surface area contributed by atoms with E-state index in [0.29, 0.717) is 31.0 Å². The van der Waals surface area contributed by atoms with E-state index in [-0.39, 0.29) is 35.0 Å². The smallest absolute Gasteiger partial charge is 0.332 e.